The van der Waals surface area contributed by atoms with Crippen LogP contribution in [-0.4, -0.2) is 6.04 Å². The third-order valence-electron chi connectivity index (χ3n) is 3.41. The van der Waals surface area contributed by atoms with Crippen LogP contribution in [0.5, 0.6) is 0 Å². The van der Waals surface area contributed by atoms with Crippen molar-refractivity contribution in [2.45, 2.75) is 18.9 Å². The van der Waals surface area contributed by atoms with Gasteiger partial charge in [0.05, 0.1) is 5.69 Å². The lowest BCUT2D eigenvalue weighted by Crippen LogP contribution is -2.20. The summed E-state index contributed by atoms with van der Waals surface area (Å²) in [6, 6.07) is 10.0. The van der Waals surface area contributed by atoms with E-state index >= 15 is 0 Å². The normalized spacial score (nSPS) is 17.3. The minimum atomic E-state index is -0.830. The maximum atomic E-state index is 13.6. The second-order valence-electron chi connectivity index (χ2n) is 4.76. The van der Waals surface area contributed by atoms with Crippen LogP contribution in [0, 0.1) is 11.6 Å². The Morgan fingerprint density at radius 3 is 2.68 bits per heavy atom. The van der Waals surface area contributed by atoms with Crippen LogP contribution in [0.4, 0.5) is 14.5 Å². The Hall–Kier alpha value is -1.61. The van der Waals surface area contributed by atoms with Crippen molar-refractivity contribution in [2.24, 2.45) is 0 Å². The van der Waals surface area contributed by atoms with E-state index in [9.17, 15) is 8.78 Å². The molecule has 1 unspecified atom stereocenters. The molecule has 1 nitrogen and oxygen atoms in total. The molecule has 0 fully saturated rings. The van der Waals surface area contributed by atoms with Gasteiger partial charge >= 0.3 is 0 Å². The average Bonchev–Trinajstić information content (AvgIpc) is 2.76. The standard InChI is InChI=1S/C15H12ClF2N/c16-11-5-4-9-7-12(8-10(9)6-11)19-14-3-1-2-13(17)15(14)18/h1-6,12,19H,7-8H2. The highest BCUT2D eigenvalue weighted by atomic mass is 35.5. The largest absolute Gasteiger partial charge is 0.379 e. The number of fused-ring (bicyclic) bond motifs is 1. The molecule has 98 valence electrons. The molecule has 0 aromatic heterocycles. The summed E-state index contributed by atoms with van der Waals surface area (Å²) >= 11 is 5.95. The van der Waals surface area contributed by atoms with Crippen molar-refractivity contribution in [1.29, 1.82) is 0 Å². The van der Waals surface area contributed by atoms with Crippen molar-refractivity contribution >= 4 is 17.3 Å². The highest BCUT2D eigenvalue weighted by molar-refractivity contribution is 6.30. The molecule has 1 atom stereocenters. The van der Waals surface area contributed by atoms with Gasteiger partial charge in [0.1, 0.15) is 0 Å². The van der Waals surface area contributed by atoms with Crippen molar-refractivity contribution in [3.05, 3.63) is 64.2 Å². The van der Waals surface area contributed by atoms with Crippen LogP contribution in [0.25, 0.3) is 0 Å². The van der Waals surface area contributed by atoms with Gasteiger partial charge in [0.2, 0.25) is 0 Å². The summed E-state index contributed by atoms with van der Waals surface area (Å²) in [6.45, 7) is 0. The highest BCUT2D eigenvalue weighted by Crippen LogP contribution is 2.28. The zero-order chi connectivity index (χ0) is 13.4. The molecule has 1 aliphatic rings. The van der Waals surface area contributed by atoms with E-state index in [0.29, 0.717) is 5.02 Å². The molecule has 0 amide bonds. The topological polar surface area (TPSA) is 12.0 Å². The number of hydrogen-bond donors (Lipinski definition) is 1. The summed E-state index contributed by atoms with van der Waals surface area (Å²) in [4.78, 5) is 0. The number of hydrogen-bond acceptors (Lipinski definition) is 1. The van der Waals surface area contributed by atoms with E-state index in [-0.39, 0.29) is 11.7 Å². The molecule has 19 heavy (non-hydrogen) atoms. The average molecular weight is 280 g/mol. The quantitative estimate of drug-likeness (QED) is 0.869. The van der Waals surface area contributed by atoms with Crippen molar-refractivity contribution in [1.82, 2.24) is 0 Å². The van der Waals surface area contributed by atoms with Crippen LogP contribution in [-0.2, 0) is 12.8 Å². The first-order chi connectivity index (χ1) is 9.13. The number of rotatable bonds is 2. The van der Waals surface area contributed by atoms with Gasteiger partial charge in [-0.05, 0) is 48.2 Å². The molecule has 1 aliphatic carbocycles. The van der Waals surface area contributed by atoms with Gasteiger partial charge in [-0.2, -0.15) is 0 Å². The summed E-state index contributed by atoms with van der Waals surface area (Å²) in [7, 11) is 0. The lowest BCUT2D eigenvalue weighted by Gasteiger charge is -2.14. The SMILES string of the molecule is Fc1cccc(NC2Cc3ccc(Cl)cc3C2)c1F. The van der Waals surface area contributed by atoms with Crippen LogP contribution < -0.4 is 5.32 Å². The predicted octanol–water partition coefficient (Wildman–Crippen LogP) is 4.20. The van der Waals surface area contributed by atoms with E-state index in [2.05, 4.69) is 5.32 Å². The lowest BCUT2D eigenvalue weighted by molar-refractivity contribution is 0.509. The predicted molar refractivity (Wildman–Crippen MR) is 72.6 cm³/mol. The molecule has 0 saturated carbocycles. The van der Waals surface area contributed by atoms with Crippen molar-refractivity contribution < 1.29 is 8.78 Å². The Balaban J connectivity index is 1.79. The van der Waals surface area contributed by atoms with Gasteiger partial charge in [-0.25, -0.2) is 8.78 Å². The molecular formula is C15H12ClF2N. The third-order valence-corrected chi connectivity index (χ3v) is 3.65. The maximum Gasteiger partial charge on any atom is 0.181 e. The summed E-state index contributed by atoms with van der Waals surface area (Å²) in [5, 5.41) is 3.76. The molecule has 0 heterocycles. The fourth-order valence-corrected chi connectivity index (χ4v) is 2.72. The van der Waals surface area contributed by atoms with Gasteiger partial charge in [-0.1, -0.05) is 23.7 Å². The Labute approximate surface area is 115 Å². The van der Waals surface area contributed by atoms with E-state index in [1.807, 2.05) is 18.2 Å². The fourth-order valence-electron chi connectivity index (χ4n) is 2.52. The van der Waals surface area contributed by atoms with Crippen molar-refractivity contribution in [3.63, 3.8) is 0 Å². The summed E-state index contributed by atoms with van der Waals surface area (Å²) in [5.74, 6) is -1.65. The Morgan fingerprint density at radius 1 is 1.05 bits per heavy atom. The van der Waals surface area contributed by atoms with Gasteiger partial charge in [0, 0.05) is 11.1 Å². The van der Waals surface area contributed by atoms with Gasteiger partial charge < -0.3 is 5.32 Å². The van der Waals surface area contributed by atoms with Crippen LogP contribution in [0.2, 0.25) is 5.02 Å². The van der Waals surface area contributed by atoms with Gasteiger partial charge in [-0.3, -0.25) is 0 Å². The first-order valence-corrected chi connectivity index (χ1v) is 6.49. The molecule has 3 rings (SSSR count). The molecule has 0 bridgehead atoms. The second kappa shape index (κ2) is 4.82. The number of benzene rings is 2. The highest BCUT2D eigenvalue weighted by Gasteiger charge is 2.22. The van der Waals surface area contributed by atoms with Crippen molar-refractivity contribution in [3.8, 4) is 0 Å². The maximum absolute atomic E-state index is 13.6. The number of nitrogens with one attached hydrogen (secondary N) is 1. The molecule has 0 radical (unpaired) electrons. The van der Waals surface area contributed by atoms with Crippen LogP contribution >= 0.6 is 11.6 Å². The molecule has 0 saturated heterocycles. The van der Waals surface area contributed by atoms with Crippen LogP contribution in [0.1, 0.15) is 11.1 Å². The lowest BCUT2D eigenvalue weighted by atomic mass is 10.1. The second-order valence-corrected chi connectivity index (χ2v) is 5.20. The molecule has 1 N–H and O–H groups in total. The molecule has 4 heteroatoms. The first kappa shape index (κ1) is 12.4. The summed E-state index contributed by atoms with van der Waals surface area (Å²) in [5.41, 5.74) is 2.59. The molecule has 0 aliphatic heterocycles. The first-order valence-electron chi connectivity index (χ1n) is 6.11. The summed E-state index contributed by atoms with van der Waals surface area (Å²) in [6.07, 6.45) is 1.56. The Kier molecular flexibility index (Phi) is 3.15. The molecule has 2 aromatic carbocycles. The van der Waals surface area contributed by atoms with Crippen LogP contribution in [0.3, 0.4) is 0 Å². The van der Waals surface area contributed by atoms with E-state index in [1.54, 1.807) is 6.07 Å². The van der Waals surface area contributed by atoms with Crippen molar-refractivity contribution in [2.75, 3.05) is 5.32 Å². The zero-order valence-corrected chi connectivity index (χ0v) is 10.8. The molecular weight excluding hydrogens is 268 g/mol. The smallest absolute Gasteiger partial charge is 0.181 e. The van der Waals surface area contributed by atoms with E-state index in [4.69, 9.17) is 11.6 Å². The minimum Gasteiger partial charge on any atom is -0.379 e. The monoisotopic (exact) mass is 279 g/mol. The third kappa shape index (κ3) is 2.43. The molecule has 2 aromatic rings. The van der Waals surface area contributed by atoms with E-state index in [1.165, 1.54) is 17.2 Å². The fraction of sp³-hybridized carbons (Fsp3) is 0.200. The van der Waals surface area contributed by atoms with Gasteiger partial charge in [0.15, 0.2) is 11.6 Å². The zero-order valence-electron chi connectivity index (χ0n) is 10.1. The number of anilines is 1. The summed E-state index contributed by atoms with van der Waals surface area (Å²) < 4.78 is 26.7. The minimum absolute atomic E-state index is 0.0739. The van der Waals surface area contributed by atoms with Gasteiger partial charge in [-0.15, -0.1) is 0 Å². The van der Waals surface area contributed by atoms with E-state index < -0.39 is 11.6 Å². The molecule has 0 spiro atoms. The Morgan fingerprint density at radius 2 is 1.84 bits per heavy atom. The van der Waals surface area contributed by atoms with E-state index in [0.717, 1.165) is 18.9 Å². The van der Waals surface area contributed by atoms with Crippen LogP contribution in [0.15, 0.2) is 36.4 Å². The number of halogens is 3. The van der Waals surface area contributed by atoms with Gasteiger partial charge in [0.25, 0.3) is 0 Å². The Bertz CT molecular complexity index is 628.